The van der Waals surface area contributed by atoms with Crippen LogP contribution in [0.3, 0.4) is 0 Å². The largest absolute Gasteiger partial charge is 0.326 e. The summed E-state index contributed by atoms with van der Waals surface area (Å²) in [6.45, 7) is 0.778. The van der Waals surface area contributed by atoms with E-state index in [-0.39, 0.29) is 5.91 Å². The van der Waals surface area contributed by atoms with E-state index in [9.17, 15) is 4.79 Å². The highest BCUT2D eigenvalue weighted by atomic mass is 16.1. The zero-order valence-electron chi connectivity index (χ0n) is 9.62. The van der Waals surface area contributed by atoms with Crippen molar-refractivity contribution in [3.05, 3.63) is 29.8 Å². The van der Waals surface area contributed by atoms with Crippen LogP contribution >= 0.6 is 0 Å². The minimum atomic E-state index is 0.144. The molecular formula is C13H18N2O. The normalized spacial score (nSPS) is 14.8. The molecule has 0 radical (unpaired) electrons. The first-order valence-electron chi connectivity index (χ1n) is 5.82. The van der Waals surface area contributed by atoms with Gasteiger partial charge in [-0.25, -0.2) is 0 Å². The second-order valence-electron chi connectivity index (χ2n) is 4.38. The average molecular weight is 218 g/mol. The number of carbonyl (C=O) groups excluding carboxylic acids is 1. The fourth-order valence-electron chi connectivity index (χ4n) is 1.77. The van der Waals surface area contributed by atoms with Gasteiger partial charge in [-0.15, -0.1) is 0 Å². The third kappa shape index (κ3) is 3.07. The van der Waals surface area contributed by atoms with Crippen molar-refractivity contribution in [3.63, 3.8) is 0 Å². The van der Waals surface area contributed by atoms with Crippen molar-refractivity contribution in [3.8, 4) is 0 Å². The molecule has 0 aliphatic heterocycles. The van der Waals surface area contributed by atoms with Crippen LogP contribution in [0.25, 0.3) is 0 Å². The van der Waals surface area contributed by atoms with Gasteiger partial charge in [0.2, 0.25) is 5.91 Å². The first-order valence-corrected chi connectivity index (χ1v) is 5.82. The number of hydrogen-bond donors (Lipinski definition) is 2. The molecule has 0 spiro atoms. The van der Waals surface area contributed by atoms with Gasteiger partial charge in [0.05, 0.1) is 0 Å². The lowest BCUT2D eigenvalue weighted by Crippen LogP contribution is -2.15. The minimum Gasteiger partial charge on any atom is -0.326 e. The first kappa shape index (κ1) is 11.1. The molecule has 1 aliphatic carbocycles. The Hall–Kier alpha value is -1.35. The lowest BCUT2D eigenvalue weighted by atomic mass is 10.1. The van der Waals surface area contributed by atoms with Gasteiger partial charge in [-0.2, -0.15) is 0 Å². The Bertz CT molecular complexity index is 372. The van der Waals surface area contributed by atoms with Crippen molar-refractivity contribution in [2.45, 2.75) is 25.8 Å². The van der Waals surface area contributed by atoms with Crippen molar-refractivity contribution in [2.75, 3.05) is 12.4 Å². The smallest absolute Gasteiger partial charge is 0.224 e. The van der Waals surface area contributed by atoms with Gasteiger partial charge in [0, 0.05) is 18.7 Å². The Morgan fingerprint density at radius 3 is 2.81 bits per heavy atom. The Labute approximate surface area is 96.2 Å². The van der Waals surface area contributed by atoms with E-state index in [1.165, 1.54) is 12.8 Å². The quantitative estimate of drug-likeness (QED) is 0.795. The summed E-state index contributed by atoms with van der Waals surface area (Å²) in [4.78, 5) is 11.7. The topological polar surface area (TPSA) is 41.1 Å². The number of carbonyl (C=O) groups is 1. The molecule has 3 nitrogen and oxygen atoms in total. The number of rotatable bonds is 5. The zero-order chi connectivity index (χ0) is 11.4. The van der Waals surface area contributed by atoms with Crippen LogP contribution in [0.4, 0.5) is 5.69 Å². The second kappa shape index (κ2) is 5.12. The third-order valence-electron chi connectivity index (χ3n) is 2.83. The highest BCUT2D eigenvalue weighted by molar-refractivity contribution is 5.91. The van der Waals surface area contributed by atoms with Crippen molar-refractivity contribution >= 4 is 11.6 Å². The Balaban J connectivity index is 1.98. The highest BCUT2D eigenvalue weighted by Gasteiger charge is 2.24. The number of benzene rings is 1. The van der Waals surface area contributed by atoms with E-state index in [1.54, 1.807) is 0 Å². The first-order chi connectivity index (χ1) is 7.79. The molecule has 0 atom stereocenters. The molecule has 1 aromatic carbocycles. The summed E-state index contributed by atoms with van der Waals surface area (Å²) in [7, 11) is 1.91. The van der Waals surface area contributed by atoms with E-state index in [2.05, 4.69) is 10.6 Å². The van der Waals surface area contributed by atoms with Gasteiger partial charge in [-0.3, -0.25) is 4.79 Å². The SMILES string of the molecule is CNCc1ccccc1NC(=O)CC1CC1. The van der Waals surface area contributed by atoms with Crippen LogP contribution in [0.5, 0.6) is 0 Å². The standard InChI is InChI=1S/C13H18N2O/c1-14-9-11-4-2-3-5-12(11)15-13(16)8-10-6-7-10/h2-5,10,14H,6-9H2,1H3,(H,15,16). The number of hydrogen-bond acceptors (Lipinski definition) is 2. The van der Waals surface area contributed by atoms with E-state index in [0.29, 0.717) is 12.3 Å². The van der Waals surface area contributed by atoms with Crippen molar-refractivity contribution in [1.82, 2.24) is 5.32 Å². The zero-order valence-corrected chi connectivity index (χ0v) is 9.62. The Morgan fingerprint density at radius 1 is 1.38 bits per heavy atom. The lowest BCUT2D eigenvalue weighted by molar-refractivity contribution is -0.116. The number of amides is 1. The maximum atomic E-state index is 11.7. The van der Waals surface area contributed by atoms with Crippen molar-refractivity contribution < 1.29 is 4.79 Å². The van der Waals surface area contributed by atoms with E-state index in [4.69, 9.17) is 0 Å². The highest BCUT2D eigenvalue weighted by Crippen LogP contribution is 2.32. The fourth-order valence-corrected chi connectivity index (χ4v) is 1.77. The molecule has 0 unspecified atom stereocenters. The van der Waals surface area contributed by atoms with Crippen LogP contribution < -0.4 is 10.6 Å². The van der Waals surface area contributed by atoms with Gasteiger partial charge in [0.15, 0.2) is 0 Å². The van der Waals surface area contributed by atoms with Gasteiger partial charge in [-0.05, 0) is 37.4 Å². The summed E-state index contributed by atoms with van der Waals surface area (Å²) >= 11 is 0. The van der Waals surface area contributed by atoms with Crippen LogP contribution in [0.1, 0.15) is 24.8 Å². The van der Waals surface area contributed by atoms with Crippen molar-refractivity contribution in [2.24, 2.45) is 5.92 Å². The van der Waals surface area contributed by atoms with Gasteiger partial charge in [0.25, 0.3) is 0 Å². The molecule has 0 bridgehead atoms. The molecule has 2 N–H and O–H groups in total. The maximum absolute atomic E-state index is 11.7. The number of nitrogens with one attached hydrogen (secondary N) is 2. The minimum absolute atomic E-state index is 0.144. The van der Waals surface area contributed by atoms with Gasteiger partial charge in [-0.1, -0.05) is 18.2 Å². The van der Waals surface area contributed by atoms with Crippen molar-refractivity contribution in [1.29, 1.82) is 0 Å². The Kier molecular flexibility index (Phi) is 3.57. The molecule has 1 saturated carbocycles. The molecule has 86 valence electrons. The summed E-state index contributed by atoms with van der Waals surface area (Å²) in [5.74, 6) is 0.780. The average Bonchev–Trinajstić information content (AvgIpc) is 3.05. The molecule has 1 fully saturated rings. The van der Waals surface area contributed by atoms with Gasteiger partial charge < -0.3 is 10.6 Å². The third-order valence-corrected chi connectivity index (χ3v) is 2.83. The molecule has 2 rings (SSSR count). The molecule has 0 heterocycles. The van der Waals surface area contributed by atoms with Crippen LogP contribution in [0, 0.1) is 5.92 Å². The second-order valence-corrected chi connectivity index (χ2v) is 4.38. The van der Waals surface area contributed by atoms with Gasteiger partial charge in [0.1, 0.15) is 0 Å². The van der Waals surface area contributed by atoms with Crippen LogP contribution in [0.2, 0.25) is 0 Å². The monoisotopic (exact) mass is 218 g/mol. The molecule has 0 saturated heterocycles. The summed E-state index contributed by atoms with van der Waals surface area (Å²) < 4.78 is 0. The number of anilines is 1. The fraction of sp³-hybridized carbons (Fsp3) is 0.462. The molecule has 1 amide bonds. The molecule has 1 aromatic rings. The van der Waals surface area contributed by atoms with Crippen LogP contribution in [-0.4, -0.2) is 13.0 Å². The maximum Gasteiger partial charge on any atom is 0.224 e. The molecule has 1 aliphatic rings. The van der Waals surface area contributed by atoms with E-state index >= 15 is 0 Å². The van der Waals surface area contributed by atoms with Gasteiger partial charge >= 0.3 is 0 Å². The summed E-state index contributed by atoms with van der Waals surface area (Å²) in [6.07, 6.45) is 3.10. The van der Waals surface area contributed by atoms with E-state index < -0.39 is 0 Å². The Morgan fingerprint density at radius 2 is 2.12 bits per heavy atom. The molecule has 3 heteroatoms. The molecule has 0 aromatic heterocycles. The summed E-state index contributed by atoms with van der Waals surface area (Å²) in [5, 5.41) is 6.09. The van der Waals surface area contributed by atoms with E-state index in [1.807, 2.05) is 31.3 Å². The number of para-hydroxylation sites is 1. The predicted molar refractivity (Wildman–Crippen MR) is 65.2 cm³/mol. The lowest BCUT2D eigenvalue weighted by Gasteiger charge is -2.10. The molecular weight excluding hydrogens is 200 g/mol. The summed E-state index contributed by atoms with van der Waals surface area (Å²) in [6, 6.07) is 7.93. The molecule has 16 heavy (non-hydrogen) atoms. The van der Waals surface area contributed by atoms with Crippen LogP contribution in [-0.2, 0) is 11.3 Å². The van der Waals surface area contributed by atoms with Crippen LogP contribution in [0.15, 0.2) is 24.3 Å². The predicted octanol–water partition coefficient (Wildman–Crippen LogP) is 2.14. The van der Waals surface area contributed by atoms with E-state index in [0.717, 1.165) is 17.8 Å². The summed E-state index contributed by atoms with van der Waals surface area (Å²) in [5.41, 5.74) is 2.07.